The number of esters is 1. The number of amides is 1. The van der Waals surface area contributed by atoms with Gasteiger partial charge in [0.05, 0.1) is 5.56 Å². The molecule has 0 fully saturated rings. The number of carbonyl (C=O) groups is 2. The average molecular weight is 281 g/mol. The van der Waals surface area contributed by atoms with Gasteiger partial charge in [0.25, 0.3) is 5.91 Å². The lowest BCUT2D eigenvalue weighted by Crippen LogP contribution is -2.35. The van der Waals surface area contributed by atoms with Crippen molar-refractivity contribution in [2.24, 2.45) is 0 Å². The van der Waals surface area contributed by atoms with Crippen molar-refractivity contribution >= 4 is 23.6 Å². The molecule has 1 aromatic carbocycles. The summed E-state index contributed by atoms with van der Waals surface area (Å²) in [5.74, 6) is -0.754. The maximum atomic E-state index is 11.7. The van der Waals surface area contributed by atoms with Crippen molar-refractivity contribution in [1.29, 1.82) is 0 Å². The van der Waals surface area contributed by atoms with Crippen LogP contribution in [0.2, 0.25) is 0 Å². The van der Waals surface area contributed by atoms with E-state index in [-0.39, 0.29) is 18.6 Å². The number of hydrogen-bond acceptors (Lipinski definition) is 4. The van der Waals surface area contributed by atoms with Crippen LogP contribution in [0.4, 0.5) is 0 Å². The lowest BCUT2D eigenvalue weighted by Gasteiger charge is -2.11. The Morgan fingerprint density at radius 3 is 2.47 bits per heavy atom. The highest BCUT2D eigenvalue weighted by atomic mass is 32.2. The summed E-state index contributed by atoms with van der Waals surface area (Å²) < 4.78 is 4.95. The number of ether oxygens (including phenoxy) is 1. The first-order valence-electron chi connectivity index (χ1n) is 6.17. The maximum Gasteiger partial charge on any atom is 0.338 e. The molecule has 0 spiro atoms. The van der Waals surface area contributed by atoms with Crippen LogP contribution in [0.5, 0.6) is 0 Å². The molecular weight excluding hydrogens is 262 g/mol. The molecule has 1 aromatic rings. The summed E-state index contributed by atoms with van der Waals surface area (Å²) in [4.78, 5) is 24.2. The van der Waals surface area contributed by atoms with E-state index >= 15 is 0 Å². The van der Waals surface area contributed by atoms with E-state index in [1.807, 2.05) is 32.2 Å². The first-order valence-corrected chi connectivity index (χ1v) is 7.39. The fourth-order valence-electron chi connectivity index (χ4n) is 1.36. The minimum Gasteiger partial charge on any atom is -0.452 e. The Labute approximate surface area is 117 Å². The molecule has 1 amide bonds. The van der Waals surface area contributed by atoms with Crippen LogP contribution in [0.15, 0.2) is 29.2 Å². The van der Waals surface area contributed by atoms with Crippen molar-refractivity contribution in [2.75, 3.05) is 12.9 Å². The van der Waals surface area contributed by atoms with Gasteiger partial charge >= 0.3 is 5.97 Å². The topological polar surface area (TPSA) is 55.4 Å². The second-order valence-electron chi connectivity index (χ2n) is 4.18. The zero-order valence-electron chi connectivity index (χ0n) is 11.4. The van der Waals surface area contributed by atoms with E-state index in [9.17, 15) is 9.59 Å². The zero-order chi connectivity index (χ0) is 14.3. The molecule has 0 heterocycles. The number of thioether (sulfide) groups is 1. The minimum absolute atomic E-state index is 0.0899. The zero-order valence-corrected chi connectivity index (χ0v) is 12.3. The summed E-state index contributed by atoms with van der Waals surface area (Å²) in [6, 6.07) is 7.18. The van der Waals surface area contributed by atoms with Crippen LogP contribution in [0.1, 0.15) is 30.6 Å². The van der Waals surface area contributed by atoms with Crippen LogP contribution in [0.3, 0.4) is 0 Å². The van der Waals surface area contributed by atoms with E-state index in [1.54, 1.807) is 23.9 Å². The summed E-state index contributed by atoms with van der Waals surface area (Å²) in [5.41, 5.74) is 0.453. The van der Waals surface area contributed by atoms with Gasteiger partial charge in [-0.15, -0.1) is 11.8 Å². The SMILES string of the molecule is CC[C@H](C)NC(=O)COC(=O)c1ccc(SC)cc1. The second-order valence-corrected chi connectivity index (χ2v) is 5.06. The highest BCUT2D eigenvalue weighted by Crippen LogP contribution is 2.15. The Kier molecular flexibility index (Phi) is 6.42. The molecule has 0 unspecified atom stereocenters. The van der Waals surface area contributed by atoms with Crippen LogP contribution in [0.25, 0.3) is 0 Å². The molecule has 0 saturated carbocycles. The molecule has 0 aliphatic heterocycles. The summed E-state index contributed by atoms with van der Waals surface area (Å²) >= 11 is 1.60. The quantitative estimate of drug-likeness (QED) is 0.643. The van der Waals surface area contributed by atoms with Gasteiger partial charge in [0.1, 0.15) is 0 Å². The largest absolute Gasteiger partial charge is 0.452 e. The van der Waals surface area contributed by atoms with Gasteiger partial charge in [-0.25, -0.2) is 4.79 Å². The molecule has 1 rings (SSSR count). The molecule has 1 N–H and O–H groups in total. The van der Waals surface area contributed by atoms with E-state index in [1.165, 1.54) is 0 Å². The number of carbonyl (C=O) groups excluding carboxylic acids is 2. The Hall–Kier alpha value is -1.49. The van der Waals surface area contributed by atoms with Crippen molar-refractivity contribution in [3.63, 3.8) is 0 Å². The molecule has 0 bridgehead atoms. The first-order chi connectivity index (χ1) is 9.06. The highest BCUT2D eigenvalue weighted by molar-refractivity contribution is 7.98. The van der Waals surface area contributed by atoms with Crippen molar-refractivity contribution in [3.05, 3.63) is 29.8 Å². The van der Waals surface area contributed by atoms with Crippen molar-refractivity contribution in [2.45, 2.75) is 31.2 Å². The van der Waals surface area contributed by atoms with Gasteiger partial charge in [0, 0.05) is 10.9 Å². The molecule has 1 atom stereocenters. The van der Waals surface area contributed by atoms with Gasteiger partial charge in [-0.3, -0.25) is 4.79 Å². The first kappa shape index (κ1) is 15.6. The minimum atomic E-state index is -0.480. The van der Waals surface area contributed by atoms with Crippen molar-refractivity contribution < 1.29 is 14.3 Å². The maximum absolute atomic E-state index is 11.7. The van der Waals surface area contributed by atoms with E-state index in [4.69, 9.17) is 4.74 Å². The molecule has 5 heteroatoms. The molecule has 0 aliphatic carbocycles. The summed E-state index contributed by atoms with van der Waals surface area (Å²) in [6.45, 7) is 3.64. The highest BCUT2D eigenvalue weighted by Gasteiger charge is 2.11. The fourth-order valence-corrected chi connectivity index (χ4v) is 1.77. The molecule has 104 valence electrons. The third-order valence-electron chi connectivity index (χ3n) is 2.68. The predicted molar refractivity (Wildman–Crippen MR) is 76.4 cm³/mol. The van der Waals surface area contributed by atoms with Crippen molar-refractivity contribution in [1.82, 2.24) is 5.32 Å². The third kappa shape index (κ3) is 5.34. The lowest BCUT2D eigenvalue weighted by molar-refractivity contribution is -0.124. The third-order valence-corrected chi connectivity index (χ3v) is 3.42. The van der Waals surface area contributed by atoms with E-state index < -0.39 is 5.97 Å². The molecule has 4 nitrogen and oxygen atoms in total. The van der Waals surface area contributed by atoms with Gasteiger partial charge in [0.15, 0.2) is 6.61 Å². The molecule has 0 saturated heterocycles. The van der Waals surface area contributed by atoms with E-state index in [2.05, 4.69) is 5.32 Å². The molecule has 0 radical (unpaired) electrons. The second kappa shape index (κ2) is 7.84. The number of benzene rings is 1. The van der Waals surface area contributed by atoms with Gasteiger partial charge in [-0.05, 0) is 43.9 Å². The summed E-state index contributed by atoms with van der Waals surface area (Å²) in [7, 11) is 0. The Morgan fingerprint density at radius 1 is 1.32 bits per heavy atom. The van der Waals surface area contributed by atoms with Crippen LogP contribution in [-0.2, 0) is 9.53 Å². The average Bonchev–Trinajstić information content (AvgIpc) is 2.44. The monoisotopic (exact) mass is 281 g/mol. The molecule has 19 heavy (non-hydrogen) atoms. The summed E-state index contributed by atoms with van der Waals surface area (Å²) in [6.07, 6.45) is 2.81. The Bertz CT molecular complexity index is 431. The fraction of sp³-hybridized carbons (Fsp3) is 0.429. The van der Waals surface area contributed by atoms with Crippen molar-refractivity contribution in [3.8, 4) is 0 Å². The number of nitrogens with one attached hydrogen (secondary N) is 1. The van der Waals surface area contributed by atoms with E-state index in [0.717, 1.165) is 11.3 Å². The molecule has 0 aliphatic rings. The predicted octanol–water partition coefficient (Wildman–Crippen LogP) is 2.48. The Balaban J connectivity index is 2.44. The number of rotatable bonds is 6. The van der Waals surface area contributed by atoms with Gasteiger partial charge in [-0.2, -0.15) is 0 Å². The smallest absolute Gasteiger partial charge is 0.338 e. The number of hydrogen-bond donors (Lipinski definition) is 1. The lowest BCUT2D eigenvalue weighted by atomic mass is 10.2. The van der Waals surface area contributed by atoms with Gasteiger partial charge in [0.2, 0.25) is 0 Å². The van der Waals surface area contributed by atoms with Crippen LogP contribution < -0.4 is 5.32 Å². The van der Waals surface area contributed by atoms with Crippen LogP contribution >= 0.6 is 11.8 Å². The summed E-state index contributed by atoms with van der Waals surface area (Å²) in [5, 5.41) is 2.74. The van der Waals surface area contributed by atoms with Gasteiger partial charge in [-0.1, -0.05) is 6.92 Å². The van der Waals surface area contributed by atoms with Gasteiger partial charge < -0.3 is 10.1 Å². The molecular formula is C14H19NO3S. The van der Waals surface area contributed by atoms with E-state index in [0.29, 0.717) is 5.56 Å². The van der Waals surface area contributed by atoms with Crippen LogP contribution in [0, 0.1) is 0 Å². The Morgan fingerprint density at radius 2 is 1.95 bits per heavy atom. The standard InChI is InChI=1S/C14H19NO3S/c1-4-10(2)15-13(16)9-18-14(17)11-5-7-12(19-3)8-6-11/h5-8,10H,4,9H2,1-3H3,(H,15,16)/t10-/m0/s1. The van der Waals surface area contributed by atoms with Crippen LogP contribution in [-0.4, -0.2) is 30.8 Å². The molecule has 0 aromatic heterocycles. The normalized spacial score (nSPS) is 11.7.